The van der Waals surface area contributed by atoms with Gasteiger partial charge in [0.1, 0.15) is 0 Å². The molecule has 6 rings (SSSR count). The Labute approximate surface area is 369 Å². The number of hydrogen-bond acceptors (Lipinski definition) is 2. The average Bonchev–Trinajstić information content (AvgIpc) is 3.88. The number of unbranched alkanes of at least 4 members (excludes halogenated alkanes) is 2. The Balaban J connectivity index is 1.72. The van der Waals surface area contributed by atoms with Crippen LogP contribution < -0.4 is 10.5 Å². The number of benzene rings is 4. The summed E-state index contributed by atoms with van der Waals surface area (Å²) < 4.78 is -1.78. The Hall–Kier alpha value is -3.17. The average molecular weight is 924 g/mol. The molecular weight excluding hydrogens is 858 g/mol. The van der Waals surface area contributed by atoms with Crippen molar-refractivity contribution in [2.45, 2.75) is 127 Å². The van der Waals surface area contributed by atoms with Crippen LogP contribution in [0.15, 0.2) is 96.1 Å². The second kappa shape index (κ2) is 19.9. The zero-order valence-electron chi connectivity index (χ0n) is 37.3. The van der Waals surface area contributed by atoms with Crippen LogP contribution in [0.4, 0.5) is 0 Å². The van der Waals surface area contributed by atoms with Crippen molar-refractivity contribution in [1.82, 2.24) is 10.5 Å². The molecule has 4 aromatic carbocycles. The molecule has 2 amide bonds. The predicted octanol–water partition coefficient (Wildman–Crippen LogP) is 14.4. The van der Waals surface area contributed by atoms with Crippen LogP contribution in [0.3, 0.4) is 0 Å². The van der Waals surface area contributed by atoms with Crippen molar-refractivity contribution in [1.29, 1.82) is 0 Å². The Kier molecular flexibility index (Phi) is 15.4. The first-order valence-corrected chi connectivity index (χ1v) is 33.5. The van der Waals surface area contributed by atoms with Crippen LogP contribution in [-0.2, 0) is 38.6 Å². The number of fused-ring (bicyclic) bond motifs is 2. The number of amides is 2. The van der Waals surface area contributed by atoms with Crippen molar-refractivity contribution in [2.24, 2.45) is 11.8 Å². The van der Waals surface area contributed by atoms with Gasteiger partial charge in [0, 0.05) is 0 Å². The molecule has 0 saturated carbocycles. The summed E-state index contributed by atoms with van der Waals surface area (Å²) in [4.78, 5) is 27.8. The Morgan fingerprint density at radius 3 is 1.33 bits per heavy atom. The minimum atomic E-state index is -6.11. The van der Waals surface area contributed by atoms with Crippen LogP contribution in [0.5, 0.6) is 0 Å². The molecule has 0 aliphatic heterocycles. The summed E-state index contributed by atoms with van der Waals surface area (Å²) in [6.45, 7) is 17.2. The van der Waals surface area contributed by atoms with Gasteiger partial charge in [-0.3, -0.25) is 0 Å². The molecule has 4 atom stereocenters. The number of aryl methyl sites for hydroxylation is 2. The monoisotopic (exact) mass is 921 g/mol. The van der Waals surface area contributed by atoms with E-state index >= 15 is 0 Å². The van der Waals surface area contributed by atoms with Crippen LogP contribution in [0.2, 0.25) is 0 Å². The van der Waals surface area contributed by atoms with Gasteiger partial charge in [0.25, 0.3) is 0 Å². The predicted molar refractivity (Wildman–Crippen MR) is 256 cm³/mol. The van der Waals surface area contributed by atoms with Gasteiger partial charge in [0.2, 0.25) is 0 Å². The SMILES string of the molecule is CCCCc1ccccc1-c1cccc2c1C=C(C(C)CC)[CH]2[Zr]([Cl])([Cl])([B](NC(=O)CC)NC(=O)CC)[CH]1C(C(C)CC)=Cc2c(-c3ccccc3CCCC)cccc21. The molecule has 317 valence electrons. The number of carbonyl (C=O) groups excluding carboxylic acids is 2. The van der Waals surface area contributed by atoms with Gasteiger partial charge in [0.15, 0.2) is 0 Å². The molecule has 4 unspecified atom stereocenters. The van der Waals surface area contributed by atoms with Crippen LogP contribution in [0.25, 0.3) is 34.4 Å². The Bertz CT molecular complexity index is 2110. The van der Waals surface area contributed by atoms with Gasteiger partial charge in [-0.1, -0.05) is 0 Å². The van der Waals surface area contributed by atoms with E-state index in [-0.39, 0.29) is 36.5 Å². The molecule has 0 radical (unpaired) electrons. The standard InChI is InChI=1S/2C23H27.C6H11BN2O2.2ClH.Zr/c2*1-4-6-10-18-11-7-8-13-21(18)22-14-9-12-19-15-20(16-23(19)22)17(3)5-2;1-3-5(10)8-7-9-6(11)4-2;;;/h2*7-9,11-17H,4-6,10H2,1-3H3;3-4H2,1-2H3,(H-,8,9,10,11);2*1H;/q;;;;;+1/p-1. The van der Waals surface area contributed by atoms with Gasteiger partial charge in [-0.05, 0) is 0 Å². The van der Waals surface area contributed by atoms with Crippen LogP contribution in [-0.4, -0.2) is 16.3 Å². The fourth-order valence-corrected chi connectivity index (χ4v) is 30.7. The van der Waals surface area contributed by atoms with E-state index in [0.717, 1.165) is 73.6 Å². The van der Waals surface area contributed by atoms with E-state index in [4.69, 9.17) is 17.0 Å². The summed E-state index contributed by atoms with van der Waals surface area (Å²) in [5.41, 5.74) is 14.4. The van der Waals surface area contributed by atoms with Gasteiger partial charge >= 0.3 is 372 Å². The summed E-state index contributed by atoms with van der Waals surface area (Å²) in [7, 11) is 18.2. The third-order valence-corrected chi connectivity index (χ3v) is 33.4. The fourth-order valence-electron chi connectivity index (χ4n) is 9.95. The van der Waals surface area contributed by atoms with E-state index in [9.17, 15) is 9.59 Å². The minimum absolute atomic E-state index is 0.133. The normalized spacial score (nSPS) is 17.4. The maximum absolute atomic E-state index is 13.9. The van der Waals surface area contributed by atoms with Crippen molar-refractivity contribution in [3.63, 3.8) is 0 Å². The molecule has 0 aromatic heterocycles. The van der Waals surface area contributed by atoms with Crippen LogP contribution in [0.1, 0.15) is 147 Å². The number of rotatable bonds is 19. The second-order valence-electron chi connectivity index (χ2n) is 17.4. The fraction of sp³-hybridized carbons (Fsp3) is 0.423. The molecule has 60 heavy (non-hydrogen) atoms. The molecule has 0 fully saturated rings. The van der Waals surface area contributed by atoms with Crippen LogP contribution in [0, 0.1) is 11.8 Å². The topological polar surface area (TPSA) is 58.2 Å². The van der Waals surface area contributed by atoms with Gasteiger partial charge < -0.3 is 0 Å². The Morgan fingerprint density at radius 1 is 0.583 bits per heavy atom. The van der Waals surface area contributed by atoms with Gasteiger partial charge in [-0.15, -0.1) is 0 Å². The molecule has 0 bridgehead atoms. The third-order valence-electron chi connectivity index (χ3n) is 13.7. The number of allylic oxidation sites excluding steroid dienone is 2. The van der Waals surface area contributed by atoms with E-state index in [1.54, 1.807) is 0 Å². The van der Waals surface area contributed by atoms with E-state index in [2.05, 4.69) is 149 Å². The molecule has 2 aliphatic rings. The van der Waals surface area contributed by atoms with Crippen molar-refractivity contribution in [3.8, 4) is 22.3 Å². The molecule has 0 heterocycles. The molecule has 0 saturated heterocycles. The van der Waals surface area contributed by atoms with Crippen molar-refractivity contribution < 1.29 is 25.8 Å². The summed E-state index contributed by atoms with van der Waals surface area (Å²) in [6, 6.07) is 30.9. The number of hydrogen-bond donors (Lipinski definition) is 2. The first kappa shape index (κ1) is 46.3. The van der Waals surface area contributed by atoms with E-state index in [1.807, 2.05) is 13.8 Å². The first-order valence-electron chi connectivity index (χ1n) is 22.9. The molecule has 2 aliphatic carbocycles. The van der Waals surface area contributed by atoms with Gasteiger partial charge in [0.05, 0.1) is 0 Å². The van der Waals surface area contributed by atoms with Gasteiger partial charge in [-0.25, -0.2) is 0 Å². The summed E-state index contributed by atoms with van der Waals surface area (Å²) in [5.74, 6) is -0.104. The van der Waals surface area contributed by atoms with Gasteiger partial charge in [-0.2, -0.15) is 0 Å². The Morgan fingerprint density at radius 2 is 0.967 bits per heavy atom. The third kappa shape index (κ3) is 8.74. The van der Waals surface area contributed by atoms with Crippen molar-refractivity contribution in [2.75, 3.05) is 0 Å². The summed E-state index contributed by atoms with van der Waals surface area (Å²) >= 11 is -6.11. The van der Waals surface area contributed by atoms with E-state index < -0.39 is 27.9 Å². The number of halogens is 2. The number of carbonyl (C=O) groups is 2. The first-order chi connectivity index (χ1) is 28.9. The molecule has 4 aromatic rings. The molecule has 4 nitrogen and oxygen atoms in total. The zero-order valence-corrected chi connectivity index (χ0v) is 41.2. The quantitative estimate of drug-likeness (QED) is 0.0921. The maximum atomic E-state index is 13.9. The molecule has 8 heteroatoms. The van der Waals surface area contributed by atoms with Crippen LogP contribution >= 0.6 is 17.0 Å². The second-order valence-corrected chi connectivity index (χ2v) is 38.8. The van der Waals surface area contributed by atoms with E-state index in [1.165, 1.54) is 44.5 Å². The van der Waals surface area contributed by atoms with E-state index in [0.29, 0.717) is 0 Å². The van der Waals surface area contributed by atoms with Crippen molar-refractivity contribution >= 4 is 45.5 Å². The summed E-state index contributed by atoms with van der Waals surface area (Å²) in [6.07, 6.45) is 13.5. The molecule has 2 N–H and O–H groups in total. The van der Waals surface area contributed by atoms with Crippen molar-refractivity contribution in [3.05, 3.63) is 129 Å². The summed E-state index contributed by atoms with van der Waals surface area (Å²) in [5, 5.41) is 6.69. The number of nitrogens with one attached hydrogen (secondary N) is 2. The molecule has 0 spiro atoms. The molecular formula is C52H66BCl2N2O2Zr. The zero-order chi connectivity index (χ0) is 43.2.